The van der Waals surface area contributed by atoms with Gasteiger partial charge in [0.15, 0.2) is 0 Å². The molecule has 2 heteroatoms. The maximum atomic E-state index is 12.9. The van der Waals surface area contributed by atoms with Gasteiger partial charge in [-0.3, -0.25) is 0 Å². The summed E-state index contributed by atoms with van der Waals surface area (Å²) < 4.78 is 12.9. The van der Waals surface area contributed by atoms with Crippen molar-refractivity contribution in [2.24, 2.45) is 11.8 Å². The van der Waals surface area contributed by atoms with Crippen molar-refractivity contribution in [1.82, 2.24) is 5.32 Å². The van der Waals surface area contributed by atoms with Crippen LogP contribution in [0.3, 0.4) is 0 Å². The summed E-state index contributed by atoms with van der Waals surface area (Å²) in [4.78, 5) is 0. The molecule has 0 bridgehead atoms. The maximum absolute atomic E-state index is 12.9. The average Bonchev–Trinajstić information content (AvgIpc) is 2.94. The topological polar surface area (TPSA) is 12.0 Å². The van der Waals surface area contributed by atoms with Gasteiger partial charge in [-0.25, -0.2) is 4.39 Å². The Balaban J connectivity index is 1.57. The van der Waals surface area contributed by atoms with Gasteiger partial charge >= 0.3 is 0 Å². The highest BCUT2D eigenvalue weighted by Gasteiger charge is 2.29. The molecule has 1 aliphatic carbocycles. The minimum Gasteiger partial charge on any atom is -0.316 e. The van der Waals surface area contributed by atoms with E-state index in [2.05, 4.69) is 5.32 Å². The van der Waals surface area contributed by atoms with E-state index in [0.717, 1.165) is 11.8 Å². The van der Waals surface area contributed by atoms with Crippen molar-refractivity contribution < 1.29 is 4.39 Å². The van der Waals surface area contributed by atoms with Gasteiger partial charge in [0, 0.05) is 0 Å². The van der Waals surface area contributed by atoms with Gasteiger partial charge in [-0.1, -0.05) is 12.1 Å². The average molecular weight is 247 g/mol. The Morgan fingerprint density at radius 1 is 0.889 bits per heavy atom. The van der Waals surface area contributed by atoms with Gasteiger partial charge in [0.2, 0.25) is 0 Å². The van der Waals surface area contributed by atoms with E-state index in [1.807, 2.05) is 12.1 Å². The minimum atomic E-state index is -0.121. The third-order valence-electron chi connectivity index (χ3n) is 4.88. The highest BCUT2D eigenvalue weighted by atomic mass is 19.1. The molecule has 3 rings (SSSR count). The van der Waals surface area contributed by atoms with Crippen molar-refractivity contribution >= 4 is 0 Å². The zero-order valence-corrected chi connectivity index (χ0v) is 10.9. The quantitative estimate of drug-likeness (QED) is 0.840. The monoisotopic (exact) mass is 247 g/mol. The smallest absolute Gasteiger partial charge is 0.123 e. The van der Waals surface area contributed by atoms with E-state index in [4.69, 9.17) is 0 Å². The van der Waals surface area contributed by atoms with Crippen LogP contribution >= 0.6 is 0 Å². The summed E-state index contributed by atoms with van der Waals surface area (Å²) in [6.07, 6.45) is 6.65. The summed E-state index contributed by atoms with van der Waals surface area (Å²) in [6, 6.07) is 7.14. The Morgan fingerprint density at radius 2 is 1.61 bits per heavy atom. The van der Waals surface area contributed by atoms with Crippen molar-refractivity contribution in [3.63, 3.8) is 0 Å². The van der Waals surface area contributed by atoms with E-state index < -0.39 is 0 Å². The molecular weight excluding hydrogens is 225 g/mol. The van der Waals surface area contributed by atoms with Crippen LogP contribution in [0.1, 0.15) is 43.6 Å². The van der Waals surface area contributed by atoms with E-state index in [0.29, 0.717) is 5.92 Å². The first-order chi connectivity index (χ1) is 8.83. The van der Waals surface area contributed by atoms with Crippen LogP contribution in [0.2, 0.25) is 0 Å². The number of halogens is 1. The molecule has 1 unspecified atom stereocenters. The van der Waals surface area contributed by atoms with Crippen LogP contribution < -0.4 is 5.32 Å². The molecule has 1 aromatic carbocycles. The van der Waals surface area contributed by atoms with Crippen LogP contribution in [-0.4, -0.2) is 13.1 Å². The molecule has 1 heterocycles. The Bertz CT molecular complexity index is 373. The summed E-state index contributed by atoms with van der Waals surface area (Å²) in [5.41, 5.74) is 1.33. The zero-order chi connectivity index (χ0) is 12.4. The molecule has 1 N–H and O–H groups in total. The molecule has 18 heavy (non-hydrogen) atoms. The first-order valence-corrected chi connectivity index (χ1v) is 7.29. The van der Waals surface area contributed by atoms with Gasteiger partial charge in [-0.15, -0.1) is 0 Å². The molecule has 0 amide bonds. The Labute approximate surface area is 109 Å². The molecule has 0 spiro atoms. The number of hydrogen-bond acceptors (Lipinski definition) is 1. The Morgan fingerprint density at radius 3 is 2.22 bits per heavy atom. The SMILES string of the molecule is Fc1ccc(C2CCC(C3CCNC3)CC2)cc1. The van der Waals surface area contributed by atoms with Crippen molar-refractivity contribution in [3.8, 4) is 0 Å². The van der Waals surface area contributed by atoms with Crippen LogP contribution in [0.25, 0.3) is 0 Å². The van der Waals surface area contributed by atoms with Gasteiger partial charge in [0.25, 0.3) is 0 Å². The van der Waals surface area contributed by atoms with E-state index in [1.54, 1.807) is 12.1 Å². The fraction of sp³-hybridized carbons (Fsp3) is 0.625. The van der Waals surface area contributed by atoms with E-state index in [9.17, 15) is 4.39 Å². The fourth-order valence-corrected chi connectivity index (χ4v) is 3.74. The van der Waals surface area contributed by atoms with E-state index in [-0.39, 0.29) is 5.82 Å². The molecule has 1 saturated heterocycles. The number of hydrogen-bond donors (Lipinski definition) is 1. The zero-order valence-electron chi connectivity index (χ0n) is 10.9. The highest BCUT2D eigenvalue weighted by Crippen LogP contribution is 2.40. The van der Waals surface area contributed by atoms with Crippen molar-refractivity contribution in [2.75, 3.05) is 13.1 Å². The molecular formula is C16H22FN. The molecule has 98 valence electrons. The van der Waals surface area contributed by atoms with Gasteiger partial charge in [-0.05, 0) is 80.6 Å². The predicted molar refractivity (Wildman–Crippen MR) is 72.1 cm³/mol. The lowest BCUT2D eigenvalue weighted by Crippen LogP contribution is -2.22. The number of nitrogens with one attached hydrogen (secondary N) is 1. The Hall–Kier alpha value is -0.890. The van der Waals surface area contributed by atoms with Crippen LogP contribution in [0.5, 0.6) is 0 Å². The van der Waals surface area contributed by atoms with Crippen molar-refractivity contribution in [3.05, 3.63) is 35.6 Å². The normalized spacial score (nSPS) is 32.6. The van der Waals surface area contributed by atoms with E-state index in [1.165, 1.54) is 50.8 Å². The predicted octanol–water partition coefficient (Wildman–Crippen LogP) is 3.71. The van der Waals surface area contributed by atoms with E-state index >= 15 is 0 Å². The fourth-order valence-electron chi connectivity index (χ4n) is 3.74. The largest absolute Gasteiger partial charge is 0.316 e. The van der Waals surface area contributed by atoms with Crippen molar-refractivity contribution in [2.45, 2.75) is 38.0 Å². The molecule has 0 radical (unpaired) electrons. The highest BCUT2D eigenvalue weighted by molar-refractivity contribution is 5.20. The second-order valence-electron chi connectivity index (χ2n) is 5.92. The lowest BCUT2D eigenvalue weighted by Gasteiger charge is -2.32. The second-order valence-corrected chi connectivity index (χ2v) is 5.92. The van der Waals surface area contributed by atoms with Crippen LogP contribution in [0.15, 0.2) is 24.3 Å². The molecule has 0 aromatic heterocycles. The van der Waals surface area contributed by atoms with Gasteiger partial charge < -0.3 is 5.32 Å². The lowest BCUT2D eigenvalue weighted by molar-refractivity contribution is 0.245. The number of benzene rings is 1. The third-order valence-corrected chi connectivity index (χ3v) is 4.88. The summed E-state index contributed by atoms with van der Waals surface area (Å²) in [6.45, 7) is 2.44. The maximum Gasteiger partial charge on any atom is 0.123 e. The molecule has 1 aliphatic heterocycles. The molecule has 2 aliphatic rings. The van der Waals surface area contributed by atoms with Crippen molar-refractivity contribution in [1.29, 1.82) is 0 Å². The minimum absolute atomic E-state index is 0.121. The van der Waals surface area contributed by atoms with Crippen LogP contribution in [0, 0.1) is 17.7 Å². The molecule has 1 atom stereocenters. The first kappa shape index (κ1) is 12.2. The summed E-state index contributed by atoms with van der Waals surface area (Å²) in [7, 11) is 0. The summed E-state index contributed by atoms with van der Waals surface area (Å²) in [5.74, 6) is 2.39. The number of rotatable bonds is 2. The van der Waals surface area contributed by atoms with Gasteiger partial charge in [0.05, 0.1) is 0 Å². The second kappa shape index (κ2) is 5.40. The third kappa shape index (κ3) is 2.59. The van der Waals surface area contributed by atoms with Crippen LogP contribution in [0.4, 0.5) is 4.39 Å². The van der Waals surface area contributed by atoms with Crippen LogP contribution in [-0.2, 0) is 0 Å². The standard InChI is InChI=1S/C16H22FN/c17-16-7-5-13(6-8-16)12-1-3-14(4-2-12)15-9-10-18-11-15/h5-8,12,14-15,18H,1-4,9-11H2. The van der Waals surface area contributed by atoms with Gasteiger partial charge in [-0.2, -0.15) is 0 Å². The molecule has 1 nitrogen and oxygen atoms in total. The molecule has 1 aromatic rings. The summed E-state index contributed by atoms with van der Waals surface area (Å²) in [5, 5.41) is 3.48. The first-order valence-electron chi connectivity index (χ1n) is 7.29. The van der Waals surface area contributed by atoms with Gasteiger partial charge in [0.1, 0.15) is 5.82 Å². The Kier molecular flexibility index (Phi) is 3.64. The lowest BCUT2D eigenvalue weighted by atomic mass is 9.73. The summed E-state index contributed by atoms with van der Waals surface area (Å²) >= 11 is 0. The molecule has 1 saturated carbocycles. The molecule has 2 fully saturated rings.